The zero-order valence-corrected chi connectivity index (χ0v) is 22.7. The Bertz CT molecular complexity index is 1520. The van der Waals surface area contributed by atoms with E-state index in [2.05, 4.69) is 133 Å². The van der Waals surface area contributed by atoms with Crippen LogP contribution in [0.25, 0.3) is 5.57 Å². The molecule has 0 amide bonds. The van der Waals surface area contributed by atoms with Gasteiger partial charge in [0, 0.05) is 0 Å². The highest BCUT2D eigenvalue weighted by molar-refractivity contribution is 5.85. The van der Waals surface area contributed by atoms with Gasteiger partial charge in [0.15, 0.2) is 0 Å². The third-order valence-electron chi connectivity index (χ3n) is 9.36. The maximum absolute atomic E-state index is 12.6. The van der Waals surface area contributed by atoms with Gasteiger partial charge in [0.2, 0.25) is 0 Å². The van der Waals surface area contributed by atoms with Crippen molar-refractivity contribution in [3.63, 3.8) is 0 Å². The molecule has 0 bridgehead atoms. The molecule has 2 fully saturated rings. The summed E-state index contributed by atoms with van der Waals surface area (Å²) in [4.78, 5) is 0. The maximum atomic E-state index is 12.6. The molecule has 0 aliphatic heterocycles. The molecule has 0 spiro atoms. The lowest BCUT2D eigenvalue weighted by atomic mass is 9.57. The fourth-order valence-electron chi connectivity index (χ4n) is 7.48. The molecule has 0 aromatic heterocycles. The van der Waals surface area contributed by atoms with Gasteiger partial charge in [0.05, 0.1) is 11.5 Å². The smallest absolute Gasteiger partial charge is 0.0932 e. The van der Waals surface area contributed by atoms with Gasteiger partial charge in [-0.15, -0.1) is 0 Å². The minimum Gasteiger partial charge on any atom is -0.387 e. The van der Waals surface area contributed by atoms with Gasteiger partial charge in [-0.2, -0.15) is 0 Å². The van der Waals surface area contributed by atoms with Crippen LogP contribution in [0.3, 0.4) is 0 Å². The molecule has 0 heterocycles. The number of aliphatic hydroxyl groups is 1. The molecule has 1 N–H and O–H groups in total. The monoisotopic (exact) mass is 518 g/mol. The Hall–Kier alpha value is -4.20. The van der Waals surface area contributed by atoms with E-state index in [1.807, 2.05) is 18.2 Å². The van der Waals surface area contributed by atoms with Gasteiger partial charge < -0.3 is 5.11 Å². The molecule has 2 atom stereocenters. The molecule has 5 aromatic carbocycles. The zero-order valence-electron chi connectivity index (χ0n) is 22.7. The lowest BCUT2D eigenvalue weighted by Crippen LogP contribution is -2.45. The first kappa shape index (κ1) is 24.8. The average Bonchev–Trinajstić information content (AvgIpc) is 3.97. The van der Waals surface area contributed by atoms with Crippen LogP contribution in [0.1, 0.15) is 53.2 Å². The van der Waals surface area contributed by atoms with Gasteiger partial charge in [-0.05, 0) is 64.0 Å². The van der Waals surface area contributed by atoms with Crippen molar-refractivity contribution in [2.45, 2.75) is 30.8 Å². The molecule has 0 unspecified atom stereocenters. The summed E-state index contributed by atoms with van der Waals surface area (Å²) in [7, 11) is 0. The number of allylic oxidation sites excluding steroid dienone is 1. The lowest BCUT2D eigenvalue weighted by Gasteiger charge is -2.47. The van der Waals surface area contributed by atoms with Gasteiger partial charge in [-0.25, -0.2) is 0 Å². The van der Waals surface area contributed by atoms with Crippen LogP contribution in [0.2, 0.25) is 0 Å². The van der Waals surface area contributed by atoms with Crippen LogP contribution in [-0.4, -0.2) is 5.11 Å². The SMILES string of the molecule is O[C@@H](c1ccccc1)C(c1ccccc1)(c1ccccc1)C1([C@@H]2CC2=C(c2ccccc2)c2ccccc2)CC1. The molecule has 40 heavy (non-hydrogen) atoms. The van der Waals surface area contributed by atoms with E-state index in [1.165, 1.54) is 33.4 Å². The predicted molar refractivity (Wildman–Crippen MR) is 164 cm³/mol. The molecule has 1 nitrogen and oxygen atoms in total. The summed E-state index contributed by atoms with van der Waals surface area (Å²) in [6.45, 7) is 0. The van der Waals surface area contributed by atoms with Crippen molar-refractivity contribution >= 4 is 5.57 Å². The largest absolute Gasteiger partial charge is 0.387 e. The van der Waals surface area contributed by atoms with Gasteiger partial charge in [0.1, 0.15) is 0 Å². The second kappa shape index (κ2) is 10.1. The summed E-state index contributed by atoms with van der Waals surface area (Å²) >= 11 is 0. The average molecular weight is 519 g/mol. The first-order valence-corrected chi connectivity index (χ1v) is 14.4. The number of benzene rings is 5. The quantitative estimate of drug-likeness (QED) is 0.217. The third-order valence-corrected chi connectivity index (χ3v) is 9.36. The number of hydrogen-bond acceptors (Lipinski definition) is 1. The topological polar surface area (TPSA) is 20.2 Å². The maximum Gasteiger partial charge on any atom is 0.0932 e. The van der Waals surface area contributed by atoms with Crippen LogP contribution in [-0.2, 0) is 5.41 Å². The summed E-state index contributed by atoms with van der Waals surface area (Å²) in [5.41, 5.74) is 8.12. The minimum absolute atomic E-state index is 0.0882. The van der Waals surface area contributed by atoms with Crippen molar-refractivity contribution in [2.75, 3.05) is 0 Å². The second-order valence-corrected chi connectivity index (χ2v) is 11.4. The fourth-order valence-corrected chi connectivity index (χ4v) is 7.48. The van der Waals surface area contributed by atoms with Crippen molar-refractivity contribution in [1.29, 1.82) is 0 Å². The molecule has 2 aliphatic carbocycles. The lowest BCUT2D eigenvalue weighted by molar-refractivity contribution is 0.0464. The van der Waals surface area contributed by atoms with Gasteiger partial charge >= 0.3 is 0 Å². The molecular weight excluding hydrogens is 484 g/mol. The highest BCUT2D eigenvalue weighted by atomic mass is 16.3. The van der Waals surface area contributed by atoms with Gasteiger partial charge in [-0.1, -0.05) is 157 Å². The Labute approximate surface area is 237 Å². The molecule has 0 saturated heterocycles. The van der Waals surface area contributed by atoms with Crippen molar-refractivity contribution in [3.8, 4) is 0 Å². The Morgan fingerprint density at radius 3 is 1.40 bits per heavy atom. The summed E-state index contributed by atoms with van der Waals surface area (Å²) < 4.78 is 0. The standard InChI is InChI=1S/C39H34O/c40-37(31-20-10-3-11-21-31)39(32-22-12-4-13-23-32,33-24-14-5-15-25-33)38(26-27-38)35-28-34(35)36(29-16-6-1-7-17-29)30-18-8-2-9-19-30/h1-25,35,37,40H,26-28H2/t35-,37+/m1/s1. The van der Waals surface area contributed by atoms with Crippen LogP contribution in [0.4, 0.5) is 0 Å². The van der Waals surface area contributed by atoms with Crippen LogP contribution in [0, 0.1) is 11.3 Å². The van der Waals surface area contributed by atoms with E-state index < -0.39 is 11.5 Å². The summed E-state index contributed by atoms with van der Waals surface area (Å²) in [5, 5.41) is 12.6. The van der Waals surface area contributed by atoms with E-state index in [0.29, 0.717) is 5.92 Å². The number of hydrogen-bond donors (Lipinski definition) is 1. The molecule has 2 saturated carbocycles. The van der Waals surface area contributed by atoms with E-state index in [0.717, 1.165) is 24.8 Å². The van der Waals surface area contributed by atoms with E-state index in [-0.39, 0.29) is 5.41 Å². The van der Waals surface area contributed by atoms with Gasteiger partial charge in [-0.3, -0.25) is 0 Å². The van der Waals surface area contributed by atoms with Crippen LogP contribution >= 0.6 is 0 Å². The minimum atomic E-state index is -0.681. The first-order chi connectivity index (χ1) is 19.8. The number of aliphatic hydroxyl groups excluding tert-OH is 1. The highest BCUT2D eigenvalue weighted by Gasteiger charge is 2.70. The molecular formula is C39H34O. The summed E-state index contributed by atoms with van der Waals surface area (Å²) in [6, 6.07) is 53.6. The first-order valence-electron chi connectivity index (χ1n) is 14.4. The number of rotatable bonds is 8. The van der Waals surface area contributed by atoms with Crippen molar-refractivity contribution in [3.05, 3.63) is 185 Å². The molecule has 1 heteroatoms. The van der Waals surface area contributed by atoms with Crippen molar-refractivity contribution in [1.82, 2.24) is 0 Å². The molecule has 7 rings (SSSR count). The predicted octanol–water partition coefficient (Wildman–Crippen LogP) is 9.01. The van der Waals surface area contributed by atoms with Crippen LogP contribution < -0.4 is 0 Å². The normalized spacial score (nSPS) is 18.1. The Morgan fingerprint density at radius 2 is 0.975 bits per heavy atom. The molecule has 196 valence electrons. The van der Waals surface area contributed by atoms with Crippen LogP contribution in [0.15, 0.2) is 157 Å². The fraction of sp³-hybridized carbons (Fsp3) is 0.179. The van der Waals surface area contributed by atoms with E-state index in [4.69, 9.17) is 0 Å². The third kappa shape index (κ3) is 3.96. The van der Waals surface area contributed by atoms with Gasteiger partial charge in [0.25, 0.3) is 0 Å². The summed E-state index contributed by atoms with van der Waals surface area (Å²) in [5.74, 6) is 0.390. The zero-order chi connectivity index (χ0) is 27.0. The molecule has 5 aromatic rings. The van der Waals surface area contributed by atoms with E-state index in [1.54, 1.807) is 0 Å². The second-order valence-electron chi connectivity index (χ2n) is 11.4. The Morgan fingerprint density at radius 1 is 0.575 bits per heavy atom. The van der Waals surface area contributed by atoms with Crippen molar-refractivity contribution < 1.29 is 5.11 Å². The summed E-state index contributed by atoms with van der Waals surface area (Å²) in [6.07, 6.45) is 2.55. The van der Waals surface area contributed by atoms with E-state index >= 15 is 0 Å². The van der Waals surface area contributed by atoms with Crippen LogP contribution in [0.5, 0.6) is 0 Å². The van der Waals surface area contributed by atoms with E-state index in [9.17, 15) is 5.11 Å². The Kier molecular flexibility index (Phi) is 6.25. The van der Waals surface area contributed by atoms with Crippen molar-refractivity contribution in [2.24, 2.45) is 11.3 Å². The highest BCUT2D eigenvalue weighted by Crippen LogP contribution is 2.76. The molecule has 2 aliphatic rings. The Balaban J connectivity index is 1.47. The molecule has 0 radical (unpaired) electrons.